The molecule has 2 N–H and O–H groups in total. The smallest absolute Gasteiger partial charge is 0.325 e. The van der Waals surface area contributed by atoms with E-state index in [0.717, 1.165) is 25.1 Å². The monoisotopic (exact) mass is 389 g/mol. The number of aromatic nitrogens is 3. The van der Waals surface area contributed by atoms with Gasteiger partial charge in [0.2, 0.25) is 5.91 Å². The molecule has 0 aliphatic carbocycles. The van der Waals surface area contributed by atoms with Gasteiger partial charge in [0.05, 0.1) is 5.75 Å². The van der Waals surface area contributed by atoms with E-state index in [0.29, 0.717) is 11.7 Å². The molecule has 1 amide bonds. The first kappa shape index (κ1) is 19.7. The topological polar surface area (TPSA) is 83.0 Å². The molecule has 27 heavy (non-hydrogen) atoms. The molecule has 146 valence electrons. The van der Waals surface area contributed by atoms with E-state index in [4.69, 9.17) is 0 Å². The first-order chi connectivity index (χ1) is 13.2. The summed E-state index contributed by atoms with van der Waals surface area (Å²) in [6.07, 6.45) is 4.47. The fourth-order valence-electron chi connectivity index (χ4n) is 3.15. The Morgan fingerprint density at radius 3 is 2.70 bits per heavy atom. The van der Waals surface area contributed by atoms with Gasteiger partial charge in [-0.25, -0.2) is 9.89 Å². The van der Waals surface area contributed by atoms with Crippen molar-refractivity contribution in [2.45, 2.75) is 50.9 Å². The van der Waals surface area contributed by atoms with Crippen LogP contribution in [-0.4, -0.2) is 44.4 Å². The van der Waals surface area contributed by atoms with Crippen LogP contribution >= 0.6 is 11.8 Å². The summed E-state index contributed by atoms with van der Waals surface area (Å²) in [5.41, 5.74) is 1.83. The van der Waals surface area contributed by atoms with Crippen LogP contribution in [0.5, 0.6) is 0 Å². The molecule has 1 aromatic carbocycles. The number of nitrogens with zero attached hydrogens (tertiary/aromatic N) is 3. The molecule has 2 heterocycles. The van der Waals surface area contributed by atoms with Gasteiger partial charge < -0.3 is 5.32 Å². The molecule has 8 heteroatoms. The number of carbonyl (C=O) groups excluding carboxylic acids is 1. The van der Waals surface area contributed by atoms with E-state index in [2.05, 4.69) is 39.5 Å². The van der Waals surface area contributed by atoms with Crippen molar-refractivity contribution in [3.63, 3.8) is 0 Å². The maximum atomic E-state index is 12.2. The highest BCUT2D eigenvalue weighted by Gasteiger charge is 2.13. The van der Waals surface area contributed by atoms with E-state index < -0.39 is 0 Å². The summed E-state index contributed by atoms with van der Waals surface area (Å²) in [6, 6.07) is 8.02. The van der Waals surface area contributed by atoms with Gasteiger partial charge in [-0.05, 0) is 50.0 Å². The number of hydrogen-bond acceptors (Lipinski definition) is 5. The number of H-pyrrole nitrogens is 1. The number of carbonyl (C=O) groups is 1. The van der Waals surface area contributed by atoms with Crippen molar-refractivity contribution >= 4 is 23.4 Å². The normalized spacial score (nSPS) is 14.6. The number of amides is 1. The fraction of sp³-hybridized carbons (Fsp3) is 0.526. The van der Waals surface area contributed by atoms with Gasteiger partial charge >= 0.3 is 5.69 Å². The molecule has 3 rings (SSSR count). The molecular weight excluding hydrogens is 362 g/mol. The minimum atomic E-state index is -0.222. The SMILES string of the molecule is CCCCn1c(SCC(=O)Nc2ccc(CN3CCCC3)cc2)n[nH]c1=O. The number of benzene rings is 1. The highest BCUT2D eigenvalue weighted by Crippen LogP contribution is 2.17. The standard InChI is InChI=1S/C19H27N5O2S/c1-2-3-12-24-18(26)21-22-19(24)27-14-17(25)20-16-8-6-15(7-9-16)13-23-10-4-5-11-23/h6-9H,2-5,10-14H2,1H3,(H,20,25)(H,21,26). The van der Waals surface area contributed by atoms with E-state index in [1.54, 1.807) is 4.57 Å². The lowest BCUT2D eigenvalue weighted by molar-refractivity contribution is -0.113. The second-order valence-corrected chi connectivity index (χ2v) is 7.78. The lowest BCUT2D eigenvalue weighted by Gasteiger charge is -2.14. The lowest BCUT2D eigenvalue weighted by Crippen LogP contribution is -2.19. The maximum Gasteiger partial charge on any atom is 0.343 e. The molecule has 0 saturated carbocycles. The van der Waals surface area contributed by atoms with Crippen molar-refractivity contribution in [1.82, 2.24) is 19.7 Å². The average Bonchev–Trinajstić information content (AvgIpc) is 3.30. The van der Waals surface area contributed by atoms with Crippen LogP contribution in [0.4, 0.5) is 5.69 Å². The lowest BCUT2D eigenvalue weighted by atomic mass is 10.2. The molecule has 7 nitrogen and oxygen atoms in total. The van der Waals surface area contributed by atoms with Crippen LogP contribution in [0, 0.1) is 0 Å². The molecule has 1 aliphatic heterocycles. The Labute approximate surface area is 163 Å². The largest absolute Gasteiger partial charge is 0.343 e. The number of nitrogens with one attached hydrogen (secondary N) is 2. The van der Waals surface area contributed by atoms with Crippen molar-refractivity contribution in [1.29, 1.82) is 0 Å². The zero-order valence-electron chi connectivity index (χ0n) is 15.7. The summed E-state index contributed by atoms with van der Waals surface area (Å²) in [7, 11) is 0. The minimum absolute atomic E-state index is 0.107. The second-order valence-electron chi connectivity index (χ2n) is 6.83. The van der Waals surface area contributed by atoms with Crippen LogP contribution in [0.15, 0.2) is 34.2 Å². The van der Waals surface area contributed by atoms with Crippen molar-refractivity contribution < 1.29 is 4.79 Å². The highest BCUT2D eigenvalue weighted by molar-refractivity contribution is 7.99. The summed E-state index contributed by atoms with van der Waals surface area (Å²) in [5, 5.41) is 9.93. The average molecular weight is 390 g/mol. The third kappa shape index (κ3) is 5.71. The zero-order valence-corrected chi connectivity index (χ0v) is 16.6. The molecule has 2 aromatic rings. The van der Waals surface area contributed by atoms with Crippen LogP contribution < -0.4 is 11.0 Å². The molecule has 0 unspecified atom stereocenters. The Balaban J connectivity index is 1.48. The number of likely N-dealkylation sites (tertiary alicyclic amines) is 1. The Bertz CT molecular complexity index is 793. The van der Waals surface area contributed by atoms with Gasteiger partial charge in [-0.2, -0.15) is 0 Å². The number of hydrogen-bond donors (Lipinski definition) is 2. The van der Waals surface area contributed by atoms with Crippen LogP contribution in [0.25, 0.3) is 0 Å². The summed E-state index contributed by atoms with van der Waals surface area (Å²) < 4.78 is 1.59. The predicted molar refractivity (Wildman–Crippen MR) is 108 cm³/mol. The Hall–Kier alpha value is -2.06. The van der Waals surface area contributed by atoms with Crippen LogP contribution in [0.3, 0.4) is 0 Å². The van der Waals surface area contributed by atoms with Gasteiger partial charge in [-0.3, -0.25) is 14.3 Å². The minimum Gasteiger partial charge on any atom is -0.325 e. The number of thioether (sulfide) groups is 1. The van der Waals surface area contributed by atoms with E-state index >= 15 is 0 Å². The number of rotatable bonds is 9. The second kappa shape index (κ2) is 9.75. The fourth-order valence-corrected chi connectivity index (χ4v) is 3.92. The molecule has 0 spiro atoms. The third-order valence-corrected chi connectivity index (χ3v) is 5.61. The Morgan fingerprint density at radius 1 is 1.26 bits per heavy atom. The van der Waals surface area contributed by atoms with E-state index in [9.17, 15) is 9.59 Å². The van der Waals surface area contributed by atoms with E-state index in [-0.39, 0.29) is 17.3 Å². The van der Waals surface area contributed by atoms with E-state index in [1.807, 2.05) is 12.1 Å². The van der Waals surface area contributed by atoms with Gasteiger partial charge in [-0.1, -0.05) is 37.2 Å². The van der Waals surface area contributed by atoms with E-state index in [1.165, 1.54) is 43.3 Å². The third-order valence-electron chi connectivity index (χ3n) is 4.63. The van der Waals surface area contributed by atoms with Crippen LogP contribution in [-0.2, 0) is 17.9 Å². The quantitative estimate of drug-likeness (QED) is 0.644. The highest BCUT2D eigenvalue weighted by atomic mass is 32.2. The van der Waals surface area contributed by atoms with Gasteiger partial charge in [0.1, 0.15) is 0 Å². The first-order valence-electron chi connectivity index (χ1n) is 9.55. The number of anilines is 1. The zero-order chi connectivity index (χ0) is 19.1. The summed E-state index contributed by atoms with van der Waals surface area (Å²) >= 11 is 1.27. The summed E-state index contributed by atoms with van der Waals surface area (Å²) in [4.78, 5) is 26.4. The molecule has 0 radical (unpaired) electrons. The maximum absolute atomic E-state index is 12.2. The van der Waals surface area contributed by atoms with Crippen LogP contribution in [0.1, 0.15) is 38.2 Å². The van der Waals surface area contributed by atoms with Crippen LogP contribution in [0.2, 0.25) is 0 Å². The first-order valence-corrected chi connectivity index (χ1v) is 10.5. The Morgan fingerprint density at radius 2 is 2.00 bits per heavy atom. The molecule has 0 atom stereocenters. The number of aromatic amines is 1. The van der Waals surface area contributed by atoms with Gasteiger partial charge in [0.15, 0.2) is 5.16 Å². The van der Waals surface area contributed by atoms with Crippen molar-refractivity contribution in [3.05, 3.63) is 40.3 Å². The molecule has 0 bridgehead atoms. The van der Waals surface area contributed by atoms with Gasteiger partial charge in [0, 0.05) is 18.8 Å². The van der Waals surface area contributed by atoms with Crippen molar-refractivity contribution in [2.75, 3.05) is 24.2 Å². The van der Waals surface area contributed by atoms with Gasteiger partial charge in [-0.15, -0.1) is 5.10 Å². The molecule has 1 fully saturated rings. The molecule has 1 saturated heterocycles. The molecular formula is C19H27N5O2S. The molecule has 1 aromatic heterocycles. The molecule has 1 aliphatic rings. The van der Waals surface area contributed by atoms with Crippen molar-refractivity contribution in [2.24, 2.45) is 0 Å². The summed E-state index contributed by atoms with van der Waals surface area (Å²) in [5.74, 6) is 0.108. The van der Waals surface area contributed by atoms with Crippen molar-refractivity contribution in [3.8, 4) is 0 Å². The van der Waals surface area contributed by atoms with Gasteiger partial charge in [0.25, 0.3) is 0 Å². The number of unbranched alkanes of at least 4 members (excludes halogenated alkanes) is 1. The predicted octanol–water partition coefficient (Wildman–Crippen LogP) is 2.70. The summed E-state index contributed by atoms with van der Waals surface area (Å²) in [6.45, 7) is 6.01. The Kier molecular flexibility index (Phi) is 7.11.